The first-order valence-electron chi connectivity index (χ1n) is 12.9. The third-order valence-electron chi connectivity index (χ3n) is 7.69. The molecule has 0 saturated carbocycles. The molecule has 1 aliphatic heterocycles. The molecule has 13 heteroatoms. The van der Waals surface area contributed by atoms with Crippen molar-refractivity contribution in [3.63, 3.8) is 0 Å². The van der Waals surface area contributed by atoms with Gasteiger partial charge in [0.2, 0.25) is 11.7 Å². The highest BCUT2D eigenvalue weighted by molar-refractivity contribution is 5.80. The zero-order valence-corrected chi connectivity index (χ0v) is 22.1. The maximum absolute atomic E-state index is 13.6. The van der Waals surface area contributed by atoms with Crippen LogP contribution in [0.5, 0.6) is 0 Å². The summed E-state index contributed by atoms with van der Waals surface area (Å²) < 4.78 is 81.7. The molecule has 0 aliphatic carbocycles. The van der Waals surface area contributed by atoms with Gasteiger partial charge in [0, 0.05) is 29.5 Å². The molecule has 216 valence electrons. The lowest BCUT2D eigenvalue weighted by Crippen LogP contribution is -2.57. The summed E-state index contributed by atoms with van der Waals surface area (Å²) in [5, 5.41) is 13.8. The van der Waals surface area contributed by atoms with Gasteiger partial charge < -0.3 is 10.2 Å². The SMILES string of the molecule is CC(C)CC1(C(N)=O)CC[N+](Cc2ccc(-c3nn[nH]n3)cc2)(Cc2cc(C(F)(F)F)cc(C(F)(F)F)c2)CC1. The van der Waals surface area contributed by atoms with Crippen LogP contribution >= 0.6 is 0 Å². The first-order valence-corrected chi connectivity index (χ1v) is 12.9. The normalized spacial score (nSPS) is 22.0. The van der Waals surface area contributed by atoms with E-state index in [1.807, 2.05) is 26.0 Å². The van der Waals surface area contributed by atoms with Gasteiger partial charge in [0.15, 0.2) is 0 Å². The van der Waals surface area contributed by atoms with E-state index in [2.05, 4.69) is 20.6 Å². The number of rotatable bonds is 8. The molecule has 0 spiro atoms. The molecule has 3 N–H and O–H groups in total. The van der Waals surface area contributed by atoms with Gasteiger partial charge in [0.25, 0.3) is 0 Å². The van der Waals surface area contributed by atoms with E-state index in [-0.39, 0.29) is 28.6 Å². The minimum atomic E-state index is -4.94. The monoisotopic (exact) mass is 569 g/mol. The fraction of sp³-hybridized carbons (Fsp3) is 0.481. The fourth-order valence-corrected chi connectivity index (χ4v) is 5.77. The molecule has 0 unspecified atom stereocenters. The number of benzene rings is 2. The molecule has 4 rings (SSSR count). The van der Waals surface area contributed by atoms with Gasteiger partial charge in [-0.2, -0.15) is 31.6 Å². The van der Waals surface area contributed by atoms with Crippen LogP contribution in [0.15, 0.2) is 42.5 Å². The van der Waals surface area contributed by atoms with Crippen molar-refractivity contribution in [2.45, 2.75) is 58.6 Å². The number of carbonyl (C=O) groups excluding carboxylic acids is 1. The summed E-state index contributed by atoms with van der Waals surface area (Å²) >= 11 is 0. The van der Waals surface area contributed by atoms with E-state index in [0.717, 1.165) is 17.7 Å². The predicted molar refractivity (Wildman–Crippen MR) is 134 cm³/mol. The average molecular weight is 570 g/mol. The van der Waals surface area contributed by atoms with Crippen LogP contribution in [0.1, 0.15) is 55.4 Å². The minimum Gasteiger partial charge on any atom is -0.369 e. The van der Waals surface area contributed by atoms with E-state index in [1.165, 1.54) is 0 Å². The van der Waals surface area contributed by atoms with Gasteiger partial charge in [-0.05, 0) is 35.8 Å². The molecule has 2 heterocycles. The molecule has 0 bridgehead atoms. The van der Waals surface area contributed by atoms with Gasteiger partial charge in [-0.15, -0.1) is 10.2 Å². The third kappa shape index (κ3) is 6.62. The first-order chi connectivity index (χ1) is 18.6. The second-order valence-corrected chi connectivity index (χ2v) is 11.2. The number of alkyl halides is 6. The predicted octanol–water partition coefficient (Wildman–Crippen LogP) is 5.73. The number of halogens is 6. The van der Waals surface area contributed by atoms with Crippen LogP contribution in [0.3, 0.4) is 0 Å². The highest BCUT2D eigenvalue weighted by Gasteiger charge is 2.47. The maximum Gasteiger partial charge on any atom is 0.416 e. The van der Waals surface area contributed by atoms with Crippen LogP contribution in [-0.2, 0) is 30.2 Å². The molecular weight excluding hydrogens is 538 g/mol. The zero-order chi connectivity index (χ0) is 29.3. The summed E-state index contributed by atoms with van der Waals surface area (Å²) in [6, 6.07) is 8.92. The molecule has 1 fully saturated rings. The second kappa shape index (κ2) is 10.8. The molecule has 3 aromatic rings. The molecule has 0 radical (unpaired) electrons. The molecule has 1 aliphatic rings. The van der Waals surface area contributed by atoms with Crippen molar-refractivity contribution in [3.05, 3.63) is 64.7 Å². The highest BCUT2D eigenvalue weighted by Crippen LogP contribution is 2.43. The Hall–Kier alpha value is -3.48. The highest BCUT2D eigenvalue weighted by atomic mass is 19.4. The Morgan fingerprint density at radius 1 is 0.950 bits per heavy atom. The van der Waals surface area contributed by atoms with Gasteiger partial charge in [0.1, 0.15) is 13.1 Å². The number of likely N-dealkylation sites (tertiary alicyclic amines) is 1. The number of nitrogens with two attached hydrogens (primary N) is 1. The Labute approximate surface area is 227 Å². The van der Waals surface area contributed by atoms with Gasteiger partial charge in [-0.25, -0.2) is 0 Å². The van der Waals surface area contributed by atoms with Gasteiger partial charge in [-0.3, -0.25) is 4.79 Å². The number of hydrogen-bond acceptors (Lipinski definition) is 4. The van der Waals surface area contributed by atoms with Crippen molar-refractivity contribution in [1.29, 1.82) is 0 Å². The Balaban J connectivity index is 1.71. The van der Waals surface area contributed by atoms with Crippen LogP contribution < -0.4 is 5.73 Å². The van der Waals surface area contributed by atoms with Crippen LogP contribution in [0.25, 0.3) is 11.4 Å². The topological polar surface area (TPSA) is 97.5 Å². The van der Waals surface area contributed by atoms with Crippen molar-refractivity contribution >= 4 is 5.91 Å². The number of aromatic amines is 1. The molecule has 1 amide bonds. The van der Waals surface area contributed by atoms with E-state index >= 15 is 0 Å². The minimum absolute atomic E-state index is 0.0685. The number of carbonyl (C=O) groups is 1. The summed E-state index contributed by atoms with van der Waals surface area (Å²) in [4.78, 5) is 12.5. The molecule has 1 aromatic heterocycles. The summed E-state index contributed by atoms with van der Waals surface area (Å²) in [6.07, 6.45) is -8.55. The molecular formula is C27H31F6N6O+. The Morgan fingerprint density at radius 2 is 1.50 bits per heavy atom. The van der Waals surface area contributed by atoms with Crippen LogP contribution in [0.4, 0.5) is 26.3 Å². The Bertz CT molecular complexity index is 1280. The lowest BCUT2D eigenvalue weighted by atomic mass is 9.71. The smallest absolute Gasteiger partial charge is 0.369 e. The van der Waals surface area contributed by atoms with Gasteiger partial charge in [-0.1, -0.05) is 38.1 Å². The van der Waals surface area contributed by atoms with E-state index in [9.17, 15) is 31.1 Å². The first kappa shape index (κ1) is 29.5. The number of nitrogens with zero attached hydrogens (tertiary/aromatic N) is 4. The molecule has 0 atom stereocenters. The number of hydrogen-bond donors (Lipinski definition) is 2. The van der Waals surface area contributed by atoms with E-state index in [4.69, 9.17) is 5.73 Å². The number of aromatic nitrogens is 4. The van der Waals surface area contributed by atoms with Crippen molar-refractivity contribution in [1.82, 2.24) is 20.6 Å². The summed E-state index contributed by atoms with van der Waals surface area (Å²) in [7, 11) is 0. The number of tetrazole rings is 1. The van der Waals surface area contributed by atoms with E-state index < -0.39 is 34.8 Å². The Kier molecular flexibility index (Phi) is 7.99. The molecule has 7 nitrogen and oxygen atoms in total. The van der Waals surface area contributed by atoms with Crippen LogP contribution in [0.2, 0.25) is 0 Å². The van der Waals surface area contributed by atoms with E-state index in [1.54, 1.807) is 12.1 Å². The van der Waals surface area contributed by atoms with E-state index in [0.29, 0.717) is 50.3 Å². The quantitative estimate of drug-likeness (QED) is 0.267. The number of amides is 1. The summed E-state index contributed by atoms with van der Waals surface area (Å²) in [5.74, 6) is 0.141. The van der Waals surface area contributed by atoms with Crippen molar-refractivity contribution in [2.24, 2.45) is 17.1 Å². The number of primary amides is 1. The third-order valence-corrected chi connectivity index (χ3v) is 7.69. The standard InChI is InChI=1S/C27H30F6N6O/c1-17(2)14-25(24(34)40)7-9-39(10-8-25,15-18-3-5-20(6-4-18)23-35-37-38-36-23)16-19-11-21(26(28,29)30)13-22(12-19)27(31,32)33/h3-6,11-13,17H,7-10,14-16H2,1-2H3,(H2-,34,35,36,37,38,40)/p+1. The van der Waals surface area contributed by atoms with Gasteiger partial charge >= 0.3 is 12.4 Å². The molecule has 2 aromatic carbocycles. The van der Waals surface area contributed by atoms with Crippen LogP contribution in [-0.4, -0.2) is 44.1 Å². The number of quaternary nitrogens is 1. The van der Waals surface area contributed by atoms with Crippen LogP contribution in [0, 0.1) is 11.3 Å². The average Bonchev–Trinajstić information content (AvgIpc) is 3.39. The number of nitrogens with one attached hydrogen (secondary N) is 1. The van der Waals surface area contributed by atoms with Gasteiger partial charge in [0.05, 0.1) is 29.6 Å². The fourth-order valence-electron chi connectivity index (χ4n) is 5.77. The Morgan fingerprint density at radius 3 is 1.95 bits per heavy atom. The summed E-state index contributed by atoms with van der Waals surface area (Å²) in [5.41, 5.74) is 3.82. The largest absolute Gasteiger partial charge is 0.416 e. The lowest BCUT2D eigenvalue weighted by Gasteiger charge is -2.48. The second-order valence-electron chi connectivity index (χ2n) is 11.2. The lowest BCUT2D eigenvalue weighted by molar-refractivity contribution is -0.959. The zero-order valence-electron chi connectivity index (χ0n) is 22.1. The molecule has 1 saturated heterocycles. The van der Waals surface area contributed by atoms with Crippen molar-refractivity contribution in [2.75, 3.05) is 13.1 Å². The van der Waals surface area contributed by atoms with Crippen molar-refractivity contribution in [3.8, 4) is 11.4 Å². The summed E-state index contributed by atoms with van der Waals surface area (Å²) in [6.45, 7) is 4.94. The maximum atomic E-state index is 13.6. The molecule has 40 heavy (non-hydrogen) atoms. The number of H-pyrrole nitrogens is 1. The van der Waals surface area contributed by atoms with Crippen molar-refractivity contribution < 1.29 is 35.6 Å². The number of piperidine rings is 1.